The molecule has 1 aliphatic carbocycles. The van der Waals surface area contributed by atoms with Gasteiger partial charge >= 0.3 is 6.16 Å². The Morgan fingerprint density at radius 3 is 2.27 bits per heavy atom. The van der Waals surface area contributed by atoms with E-state index in [2.05, 4.69) is 13.8 Å². The molecule has 0 bridgehead atoms. The molecule has 0 aliphatic heterocycles. The molecule has 0 heterocycles. The van der Waals surface area contributed by atoms with Crippen molar-refractivity contribution in [3.8, 4) is 0 Å². The van der Waals surface area contributed by atoms with E-state index in [9.17, 15) is 4.79 Å². The highest BCUT2D eigenvalue weighted by molar-refractivity contribution is 6.23. The molecule has 3 atom stereocenters. The Labute approximate surface area is 95.8 Å². The third kappa shape index (κ3) is 3.00. The number of carboxylic acid groups (broad SMARTS) is 1. The minimum absolute atomic E-state index is 0.101. The van der Waals surface area contributed by atoms with Crippen LogP contribution in [0.25, 0.3) is 0 Å². The Bertz CT molecular complexity index is 230. The molecule has 1 rings (SSSR count). The average molecular weight is 235 g/mol. The monoisotopic (exact) mass is 234 g/mol. The van der Waals surface area contributed by atoms with Crippen LogP contribution < -0.4 is 0 Å². The van der Waals surface area contributed by atoms with Crippen molar-refractivity contribution in [2.75, 3.05) is 0 Å². The van der Waals surface area contributed by atoms with E-state index in [1.54, 1.807) is 6.92 Å². The molecule has 1 fully saturated rings. The summed E-state index contributed by atoms with van der Waals surface area (Å²) in [7, 11) is 0. The van der Waals surface area contributed by atoms with Crippen molar-refractivity contribution in [3.63, 3.8) is 0 Å². The molecule has 0 saturated heterocycles. The molecule has 0 radical (unpaired) electrons. The summed E-state index contributed by atoms with van der Waals surface area (Å²) in [5.74, 6) is 0.926. The molecule has 0 aromatic rings. The summed E-state index contributed by atoms with van der Waals surface area (Å²) in [6, 6.07) is 0. The summed E-state index contributed by atoms with van der Waals surface area (Å²) >= 11 is 6.20. The lowest BCUT2D eigenvalue weighted by atomic mass is 9.71. The van der Waals surface area contributed by atoms with E-state index < -0.39 is 11.2 Å². The maximum Gasteiger partial charge on any atom is 0.507 e. The quantitative estimate of drug-likeness (QED) is 0.585. The Hall–Kier alpha value is -0.440. The first kappa shape index (κ1) is 12.6. The van der Waals surface area contributed by atoms with Crippen molar-refractivity contribution < 1.29 is 14.6 Å². The minimum Gasteiger partial charge on any atom is -0.450 e. The second-order valence-corrected chi connectivity index (χ2v) is 5.52. The highest BCUT2D eigenvalue weighted by Crippen LogP contribution is 2.44. The Balaban J connectivity index is 2.77. The molecule has 0 aromatic heterocycles. The predicted octanol–water partition coefficient (Wildman–Crippen LogP) is 3.71. The molecule has 1 N–H and O–H groups in total. The van der Waals surface area contributed by atoms with Crippen molar-refractivity contribution in [1.82, 2.24) is 0 Å². The molecular formula is C11H19ClO3. The standard InChI is InChI=1S/C11H19ClO3/c1-7-5-4-6-8(2)9(7)11(3,12)15-10(13)14/h7-9H,4-6H2,1-3H3,(H,13,14). The van der Waals surface area contributed by atoms with E-state index in [0.29, 0.717) is 11.8 Å². The molecule has 4 heteroatoms. The molecule has 88 valence electrons. The lowest BCUT2D eigenvalue weighted by molar-refractivity contribution is -0.0351. The second-order valence-electron chi connectivity index (χ2n) is 4.77. The van der Waals surface area contributed by atoms with Crippen LogP contribution in [0.15, 0.2) is 0 Å². The van der Waals surface area contributed by atoms with Crippen LogP contribution in [0, 0.1) is 17.8 Å². The van der Waals surface area contributed by atoms with Crippen molar-refractivity contribution in [2.24, 2.45) is 17.8 Å². The lowest BCUT2D eigenvalue weighted by Gasteiger charge is -2.42. The highest BCUT2D eigenvalue weighted by atomic mass is 35.5. The van der Waals surface area contributed by atoms with Gasteiger partial charge in [0.05, 0.1) is 0 Å². The van der Waals surface area contributed by atoms with E-state index in [4.69, 9.17) is 21.4 Å². The smallest absolute Gasteiger partial charge is 0.450 e. The SMILES string of the molecule is CC1CCCC(C)C1C(C)(Cl)OC(=O)O. The van der Waals surface area contributed by atoms with E-state index in [0.717, 1.165) is 12.8 Å². The fourth-order valence-corrected chi connectivity index (χ4v) is 3.43. The van der Waals surface area contributed by atoms with E-state index in [1.807, 2.05) is 0 Å². The molecule has 0 amide bonds. The number of carbonyl (C=O) groups is 1. The van der Waals surface area contributed by atoms with Gasteiger partial charge in [0.1, 0.15) is 0 Å². The van der Waals surface area contributed by atoms with Crippen molar-refractivity contribution in [1.29, 1.82) is 0 Å². The normalized spacial score (nSPS) is 35.6. The van der Waals surface area contributed by atoms with Gasteiger partial charge in [0.15, 0.2) is 5.06 Å². The number of rotatable bonds is 2. The number of ether oxygens (including phenoxy) is 1. The van der Waals surface area contributed by atoms with Gasteiger partial charge in [-0.2, -0.15) is 0 Å². The van der Waals surface area contributed by atoms with Crippen molar-refractivity contribution in [3.05, 3.63) is 0 Å². The second kappa shape index (κ2) is 4.60. The first-order valence-corrected chi connectivity index (χ1v) is 5.83. The van der Waals surface area contributed by atoms with Crippen LogP contribution in [-0.4, -0.2) is 16.3 Å². The Morgan fingerprint density at radius 1 is 1.40 bits per heavy atom. The van der Waals surface area contributed by atoms with Gasteiger partial charge in [-0.05, 0) is 18.8 Å². The summed E-state index contributed by atoms with van der Waals surface area (Å²) in [5, 5.41) is 7.55. The third-order valence-corrected chi connectivity index (χ3v) is 3.76. The van der Waals surface area contributed by atoms with Gasteiger partial charge in [0.2, 0.25) is 0 Å². The van der Waals surface area contributed by atoms with Crippen LogP contribution in [0.2, 0.25) is 0 Å². The molecule has 1 saturated carbocycles. The van der Waals surface area contributed by atoms with Gasteiger partial charge in [-0.15, -0.1) is 0 Å². The van der Waals surface area contributed by atoms with Crippen LogP contribution in [0.4, 0.5) is 4.79 Å². The summed E-state index contributed by atoms with van der Waals surface area (Å²) in [4.78, 5) is 10.6. The first-order valence-electron chi connectivity index (χ1n) is 5.45. The number of halogens is 1. The fourth-order valence-electron chi connectivity index (χ4n) is 2.94. The highest BCUT2D eigenvalue weighted by Gasteiger charge is 2.44. The number of alkyl halides is 1. The van der Waals surface area contributed by atoms with Gasteiger partial charge < -0.3 is 9.84 Å². The largest absolute Gasteiger partial charge is 0.507 e. The zero-order valence-electron chi connectivity index (χ0n) is 9.50. The lowest BCUT2D eigenvalue weighted by Crippen LogP contribution is -2.43. The molecular weight excluding hydrogens is 216 g/mol. The Morgan fingerprint density at radius 2 is 1.87 bits per heavy atom. The van der Waals surface area contributed by atoms with Gasteiger partial charge in [0, 0.05) is 5.92 Å². The van der Waals surface area contributed by atoms with Gasteiger partial charge in [-0.25, -0.2) is 4.79 Å². The van der Waals surface area contributed by atoms with Crippen LogP contribution in [0.5, 0.6) is 0 Å². The topological polar surface area (TPSA) is 46.5 Å². The van der Waals surface area contributed by atoms with Crippen molar-refractivity contribution in [2.45, 2.75) is 45.1 Å². The van der Waals surface area contributed by atoms with Gasteiger partial charge in [-0.3, -0.25) is 0 Å². The van der Waals surface area contributed by atoms with E-state index >= 15 is 0 Å². The molecule has 3 unspecified atom stereocenters. The third-order valence-electron chi connectivity index (χ3n) is 3.43. The molecule has 3 nitrogen and oxygen atoms in total. The van der Waals surface area contributed by atoms with Crippen LogP contribution in [0.3, 0.4) is 0 Å². The average Bonchev–Trinajstić information content (AvgIpc) is 1.99. The van der Waals surface area contributed by atoms with Crippen LogP contribution in [0.1, 0.15) is 40.0 Å². The maximum atomic E-state index is 10.6. The molecule has 0 spiro atoms. The fraction of sp³-hybridized carbons (Fsp3) is 0.909. The molecule has 15 heavy (non-hydrogen) atoms. The van der Waals surface area contributed by atoms with Crippen molar-refractivity contribution >= 4 is 17.8 Å². The number of hydrogen-bond donors (Lipinski definition) is 1. The van der Waals surface area contributed by atoms with Gasteiger partial charge in [0.25, 0.3) is 0 Å². The summed E-state index contributed by atoms with van der Waals surface area (Å²) in [6.07, 6.45) is 2.09. The maximum absolute atomic E-state index is 10.6. The molecule has 0 aromatic carbocycles. The predicted molar refractivity (Wildman–Crippen MR) is 59.0 cm³/mol. The van der Waals surface area contributed by atoms with Crippen LogP contribution in [-0.2, 0) is 4.74 Å². The summed E-state index contributed by atoms with van der Waals surface area (Å²) in [6.45, 7) is 5.89. The molecule has 1 aliphatic rings. The zero-order chi connectivity index (χ0) is 11.6. The number of hydrogen-bond acceptors (Lipinski definition) is 2. The zero-order valence-corrected chi connectivity index (χ0v) is 10.3. The summed E-state index contributed by atoms with van der Waals surface area (Å²) < 4.78 is 4.80. The van der Waals surface area contributed by atoms with Crippen LogP contribution >= 0.6 is 11.6 Å². The van der Waals surface area contributed by atoms with Gasteiger partial charge in [-0.1, -0.05) is 44.7 Å². The minimum atomic E-state index is -1.29. The Kier molecular flexibility index (Phi) is 3.87. The first-order chi connectivity index (χ1) is 6.84. The van der Waals surface area contributed by atoms with E-state index in [1.165, 1.54) is 6.42 Å². The van der Waals surface area contributed by atoms with E-state index in [-0.39, 0.29) is 5.92 Å². The summed E-state index contributed by atoms with van der Waals surface area (Å²) in [5.41, 5.74) is 0.